The Hall–Kier alpha value is -0.530. The molecule has 1 aliphatic heterocycles. The van der Waals surface area contributed by atoms with E-state index in [1.165, 1.54) is 12.8 Å². The minimum Gasteiger partial charge on any atom is -0.387 e. The quantitative estimate of drug-likeness (QED) is 0.485. The van der Waals surface area contributed by atoms with E-state index in [9.17, 15) is 0 Å². The van der Waals surface area contributed by atoms with E-state index in [1.807, 2.05) is 0 Å². The number of nitrogens with two attached hydrogens (primary N) is 1. The van der Waals surface area contributed by atoms with Gasteiger partial charge in [0.1, 0.15) is 0 Å². The van der Waals surface area contributed by atoms with Crippen LogP contribution in [0, 0.1) is 5.92 Å². The molecule has 2 unspecified atom stereocenters. The molecule has 8 heavy (non-hydrogen) atoms. The van der Waals surface area contributed by atoms with Crippen molar-refractivity contribution in [2.24, 2.45) is 16.6 Å². The third-order valence-electron chi connectivity index (χ3n) is 1.99. The Morgan fingerprint density at radius 2 is 2.50 bits per heavy atom. The molecule has 0 aromatic carbocycles. The summed E-state index contributed by atoms with van der Waals surface area (Å²) in [5, 5.41) is 0. The van der Waals surface area contributed by atoms with Crippen molar-refractivity contribution in [3.05, 3.63) is 0 Å². The van der Waals surface area contributed by atoms with Gasteiger partial charge in [0.15, 0.2) is 0 Å². The van der Waals surface area contributed by atoms with Crippen LogP contribution in [0.4, 0.5) is 0 Å². The number of rotatable bonds is 0. The summed E-state index contributed by atoms with van der Waals surface area (Å²) in [5.74, 6) is 1.80. The third kappa shape index (κ3) is 0.522. The van der Waals surface area contributed by atoms with E-state index in [-0.39, 0.29) is 0 Å². The van der Waals surface area contributed by atoms with Crippen LogP contribution in [0.25, 0.3) is 0 Å². The first-order chi connectivity index (χ1) is 3.86. The lowest BCUT2D eigenvalue weighted by Gasteiger charge is -2.04. The van der Waals surface area contributed by atoms with Crippen LogP contribution >= 0.6 is 0 Å². The molecule has 2 rings (SSSR count). The molecular formula is C6H10N2. The minimum atomic E-state index is 0.642. The van der Waals surface area contributed by atoms with Gasteiger partial charge in [-0.1, -0.05) is 0 Å². The van der Waals surface area contributed by atoms with Crippen molar-refractivity contribution >= 4 is 5.84 Å². The molecule has 0 bridgehead atoms. The molecule has 2 atom stereocenters. The maximum atomic E-state index is 5.50. The molecule has 0 aromatic heterocycles. The van der Waals surface area contributed by atoms with E-state index >= 15 is 0 Å². The van der Waals surface area contributed by atoms with Crippen LogP contribution in [0.15, 0.2) is 4.99 Å². The smallest absolute Gasteiger partial charge is 0.0940 e. The zero-order chi connectivity index (χ0) is 5.56. The molecule has 0 saturated heterocycles. The van der Waals surface area contributed by atoms with Gasteiger partial charge in [-0.05, 0) is 18.8 Å². The van der Waals surface area contributed by atoms with Crippen molar-refractivity contribution in [3.63, 3.8) is 0 Å². The predicted molar refractivity (Wildman–Crippen MR) is 32.8 cm³/mol. The van der Waals surface area contributed by atoms with E-state index < -0.39 is 0 Å². The van der Waals surface area contributed by atoms with E-state index in [0.29, 0.717) is 6.04 Å². The maximum Gasteiger partial charge on any atom is 0.0940 e. The van der Waals surface area contributed by atoms with Crippen molar-refractivity contribution in [1.29, 1.82) is 0 Å². The van der Waals surface area contributed by atoms with Crippen molar-refractivity contribution in [1.82, 2.24) is 0 Å². The Bertz CT molecular complexity index is 139. The monoisotopic (exact) mass is 110 g/mol. The second-order valence-corrected chi connectivity index (χ2v) is 2.72. The molecule has 1 fully saturated rings. The SMILES string of the molecule is NC1=NC2CC2CC1. The number of hydrogen-bond acceptors (Lipinski definition) is 2. The van der Waals surface area contributed by atoms with E-state index in [1.54, 1.807) is 0 Å². The fourth-order valence-corrected chi connectivity index (χ4v) is 1.31. The Morgan fingerprint density at radius 1 is 1.62 bits per heavy atom. The molecule has 1 heterocycles. The van der Waals surface area contributed by atoms with E-state index in [2.05, 4.69) is 4.99 Å². The van der Waals surface area contributed by atoms with Crippen molar-refractivity contribution < 1.29 is 0 Å². The van der Waals surface area contributed by atoms with Gasteiger partial charge in [-0.25, -0.2) is 0 Å². The van der Waals surface area contributed by atoms with E-state index in [0.717, 1.165) is 18.2 Å². The molecule has 0 aromatic rings. The van der Waals surface area contributed by atoms with Crippen LogP contribution < -0.4 is 5.73 Å². The Balaban J connectivity index is 2.15. The summed E-state index contributed by atoms with van der Waals surface area (Å²) in [4.78, 5) is 4.25. The lowest BCUT2D eigenvalue weighted by molar-refractivity contribution is 0.695. The van der Waals surface area contributed by atoms with Crippen LogP contribution in [0.5, 0.6) is 0 Å². The van der Waals surface area contributed by atoms with Crippen LogP contribution in [0.2, 0.25) is 0 Å². The van der Waals surface area contributed by atoms with Gasteiger partial charge in [-0.15, -0.1) is 0 Å². The molecule has 2 heteroatoms. The molecule has 1 aliphatic carbocycles. The molecule has 2 aliphatic rings. The summed E-state index contributed by atoms with van der Waals surface area (Å²) in [6.07, 6.45) is 3.64. The first kappa shape index (κ1) is 4.36. The molecule has 2 nitrogen and oxygen atoms in total. The van der Waals surface area contributed by atoms with Gasteiger partial charge >= 0.3 is 0 Å². The summed E-state index contributed by atoms with van der Waals surface area (Å²) in [5.41, 5.74) is 5.50. The lowest BCUT2D eigenvalue weighted by atomic mass is 10.2. The van der Waals surface area contributed by atoms with Gasteiger partial charge in [0, 0.05) is 6.42 Å². The van der Waals surface area contributed by atoms with E-state index in [4.69, 9.17) is 5.73 Å². The molecule has 1 saturated carbocycles. The summed E-state index contributed by atoms with van der Waals surface area (Å²) in [6, 6.07) is 0.642. The highest BCUT2D eigenvalue weighted by Gasteiger charge is 2.38. The van der Waals surface area contributed by atoms with Crippen LogP contribution in [0.1, 0.15) is 19.3 Å². The number of hydrogen-bond donors (Lipinski definition) is 1. The van der Waals surface area contributed by atoms with Crippen molar-refractivity contribution in [3.8, 4) is 0 Å². The predicted octanol–water partition coefficient (Wildman–Crippen LogP) is 0.526. The van der Waals surface area contributed by atoms with Gasteiger partial charge in [0.2, 0.25) is 0 Å². The average molecular weight is 110 g/mol. The number of nitrogens with zero attached hydrogens (tertiary/aromatic N) is 1. The third-order valence-corrected chi connectivity index (χ3v) is 1.99. The largest absolute Gasteiger partial charge is 0.387 e. The highest BCUT2D eigenvalue weighted by atomic mass is 15.0. The van der Waals surface area contributed by atoms with Crippen LogP contribution in [-0.2, 0) is 0 Å². The number of aliphatic imine (C=N–C) groups is 1. The average Bonchev–Trinajstić information content (AvgIpc) is 2.43. The molecular weight excluding hydrogens is 100 g/mol. The Morgan fingerprint density at radius 3 is 3.12 bits per heavy atom. The molecule has 0 amide bonds. The van der Waals surface area contributed by atoms with Crippen LogP contribution in [0.3, 0.4) is 0 Å². The second kappa shape index (κ2) is 1.24. The first-order valence-corrected chi connectivity index (χ1v) is 3.18. The summed E-state index contributed by atoms with van der Waals surface area (Å²) in [7, 11) is 0. The van der Waals surface area contributed by atoms with Crippen LogP contribution in [-0.4, -0.2) is 11.9 Å². The fraction of sp³-hybridized carbons (Fsp3) is 0.833. The zero-order valence-corrected chi connectivity index (χ0v) is 4.80. The Labute approximate surface area is 48.8 Å². The van der Waals surface area contributed by atoms with Gasteiger partial charge < -0.3 is 5.73 Å². The highest BCUT2D eigenvalue weighted by molar-refractivity contribution is 5.81. The Kier molecular flexibility index (Phi) is 0.678. The first-order valence-electron chi connectivity index (χ1n) is 3.18. The van der Waals surface area contributed by atoms with Gasteiger partial charge in [-0.3, -0.25) is 4.99 Å². The molecule has 0 spiro atoms. The molecule has 0 radical (unpaired) electrons. The summed E-state index contributed by atoms with van der Waals surface area (Å²) in [6.45, 7) is 0. The van der Waals surface area contributed by atoms with Gasteiger partial charge in [-0.2, -0.15) is 0 Å². The standard InChI is InChI=1S/C6H10N2/c7-6-2-1-4-3-5(4)8-6/h4-5H,1-3H2,(H2,7,8). The number of amidine groups is 1. The van der Waals surface area contributed by atoms with Gasteiger partial charge in [0.25, 0.3) is 0 Å². The summed E-state index contributed by atoms with van der Waals surface area (Å²) >= 11 is 0. The maximum absolute atomic E-state index is 5.50. The fourth-order valence-electron chi connectivity index (χ4n) is 1.31. The zero-order valence-electron chi connectivity index (χ0n) is 4.80. The molecule has 44 valence electrons. The summed E-state index contributed by atoms with van der Waals surface area (Å²) < 4.78 is 0. The van der Waals surface area contributed by atoms with Crippen molar-refractivity contribution in [2.75, 3.05) is 0 Å². The van der Waals surface area contributed by atoms with Gasteiger partial charge in [0.05, 0.1) is 11.9 Å². The molecule has 2 N–H and O–H groups in total. The topological polar surface area (TPSA) is 38.4 Å². The second-order valence-electron chi connectivity index (χ2n) is 2.72. The number of fused-ring (bicyclic) bond motifs is 1. The minimum absolute atomic E-state index is 0.642. The normalized spacial score (nSPS) is 42.8. The lowest BCUT2D eigenvalue weighted by Crippen LogP contribution is -2.16. The van der Waals surface area contributed by atoms with Crippen molar-refractivity contribution in [2.45, 2.75) is 25.3 Å². The highest BCUT2D eigenvalue weighted by Crippen LogP contribution is 2.40.